The number of terminal acetylenes is 1. The highest BCUT2D eigenvalue weighted by Crippen LogP contribution is 2.47. The zero-order chi connectivity index (χ0) is 22.7. The van der Waals surface area contributed by atoms with E-state index >= 15 is 0 Å². The van der Waals surface area contributed by atoms with Crippen molar-refractivity contribution in [3.05, 3.63) is 65.4 Å². The summed E-state index contributed by atoms with van der Waals surface area (Å²) in [4.78, 5) is 12.9. The fraction of sp³-hybridized carbons (Fsp3) is 0.280. The normalized spacial score (nSPS) is 17.6. The number of benzene rings is 2. The van der Waals surface area contributed by atoms with Gasteiger partial charge < -0.3 is 14.8 Å². The molecule has 1 amide bonds. The van der Waals surface area contributed by atoms with E-state index in [1.165, 1.54) is 0 Å². The van der Waals surface area contributed by atoms with Crippen LogP contribution < -0.4 is 14.8 Å². The largest absolute Gasteiger partial charge is 0.490 e. The minimum atomic E-state index is -0.246. The van der Waals surface area contributed by atoms with E-state index in [0.717, 1.165) is 22.5 Å². The number of aryl methyl sites for hydroxylation is 1. The molecule has 2 atom stereocenters. The molecule has 1 aliphatic rings. The van der Waals surface area contributed by atoms with Crippen LogP contribution in [-0.4, -0.2) is 34.2 Å². The molecular formula is C25H25N3O3S. The van der Waals surface area contributed by atoms with Crippen molar-refractivity contribution in [2.45, 2.75) is 31.3 Å². The van der Waals surface area contributed by atoms with Crippen molar-refractivity contribution >= 4 is 23.5 Å². The number of ether oxygens (including phenoxy) is 2. The third-order valence-electron chi connectivity index (χ3n) is 5.20. The third kappa shape index (κ3) is 4.19. The highest BCUT2D eigenvalue weighted by Gasteiger charge is 2.34. The molecule has 1 aromatic heterocycles. The molecule has 32 heavy (non-hydrogen) atoms. The number of para-hydroxylation sites is 1. The van der Waals surface area contributed by atoms with Crippen molar-refractivity contribution in [3.63, 3.8) is 0 Å². The molecule has 0 spiro atoms. The smallest absolute Gasteiger partial charge is 0.238 e. The summed E-state index contributed by atoms with van der Waals surface area (Å²) in [6, 6.07) is 15.7. The number of amides is 1. The number of anilines is 1. The monoisotopic (exact) mass is 447 g/mol. The molecule has 0 saturated heterocycles. The van der Waals surface area contributed by atoms with Crippen LogP contribution in [0.15, 0.2) is 48.5 Å². The molecule has 0 radical (unpaired) electrons. The Bertz CT molecular complexity index is 1170. The van der Waals surface area contributed by atoms with E-state index in [0.29, 0.717) is 23.9 Å². The maximum absolute atomic E-state index is 12.9. The van der Waals surface area contributed by atoms with Gasteiger partial charge in [0.25, 0.3) is 0 Å². The van der Waals surface area contributed by atoms with Gasteiger partial charge in [0.1, 0.15) is 12.4 Å². The van der Waals surface area contributed by atoms with E-state index in [1.807, 2.05) is 74.0 Å². The highest BCUT2D eigenvalue weighted by atomic mass is 32.2. The Balaban J connectivity index is 1.84. The van der Waals surface area contributed by atoms with Crippen molar-refractivity contribution < 1.29 is 14.3 Å². The Labute approximate surface area is 192 Å². The van der Waals surface area contributed by atoms with Crippen molar-refractivity contribution in [2.75, 3.05) is 18.5 Å². The van der Waals surface area contributed by atoms with E-state index in [-0.39, 0.29) is 23.0 Å². The summed E-state index contributed by atoms with van der Waals surface area (Å²) < 4.78 is 13.3. The summed E-state index contributed by atoms with van der Waals surface area (Å²) in [5.74, 6) is 4.37. The van der Waals surface area contributed by atoms with Crippen LogP contribution in [0, 0.1) is 19.3 Å². The van der Waals surface area contributed by atoms with Gasteiger partial charge in [-0.2, -0.15) is 5.10 Å². The first-order valence-electron chi connectivity index (χ1n) is 10.5. The second-order valence-corrected chi connectivity index (χ2v) is 8.83. The first-order chi connectivity index (χ1) is 15.5. The van der Waals surface area contributed by atoms with Crippen molar-refractivity contribution in [1.82, 2.24) is 9.78 Å². The molecule has 0 bridgehead atoms. The molecular weight excluding hydrogens is 422 g/mol. The van der Waals surface area contributed by atoms with Gasteiger partial charge >= 0.3 is 0 Å². The van der Waals surface area contributed by atoms with Crippen LogP contribution >= 0.6 is 11.8 Å². The maximum atomic E-state index is 12.9. The molecule has 7 heteroatoms. The summed E-state index contributed by atoms with van der Waals surface area (Å²) in [5.41, 5.74) is 3.74. The zero-order valence-electron chi connectivity index (χ0n) is 18.3. The van der Waals surface area contributed by atoms with Gasteiger partial charge in [0.15, 0.2) is 11.5 Å². The Morgan fingerprint density at radius 1 is 1.19 bits per heavy atom. The molecule has 4 rings (SSSR count). The number of fused-ring (bicyclic) bond motifs is 1. The SMILES string of the molecule is C#CCOc1ccc(C2SC(C)C(=O)Nc3c2c(C)nn3-c2ccccc2)cc1OCC. The molecule has 2 unspecified atom stereocenters. The third-order valence-corrected chi connectivity index (χ3v) is 6.60. The van der Waals surface area contributed by atoms with Crippen molar-refractivity contribution in [3.8, 4) is 29.5 Å². The van der Waals surface area contributed by atoms with Crippen LogP contribution in [0.5, 0.6) is 11.5 Å². The highest BCUT2D eigenvalue weighted by molar-refractivity contribution is 8.01. The molecule has 2 aromatic carbocycles. The lowest BCUT2D eigenvalue weighted by Crippen LogP contribution is -2.22. The predicted octanol–water partition coefficient (Wildman–Crippen LogP) is 4.75. The molecule has 3 aromatic rings. The minimum Gasteiger partial charge on any atom is -0.490 e. The van der Waals surface area contributed by atoms with Crippen LogP contribution in [0.25, 0.3) is 5.69 Å². The molecule has 0 saturated carbocycles. The van der Waals surface area contributed by atoms with E-state index in [1.54, 1.807) is 11.8 Å². The van der Waals surface area contributed by atoms with Gasteiger partial charge in [0.2, 0.25) is 5.91 Å². The van der Waals surface area contributed by atoms with E-state index < -0.39 is 0 Å². The standard InChI is InChI=1S/C25H25N3O3S/c1-5-14-31-20-13-12-18(15-21(20)30-6-2)23-22-16(3)27-28(19-10-8-7-9-11-19)24(22)26-25(29)17(4)32-23/h1,7-13,15,17,23H,6,14H2,2-4H3,(H,26,29). The van der Waals surface area contributed by atoms with Crippen LogP contribution in [0.2, 0.25) is 0 Å². The summed E-state index contributed by atoms with van der Waals surface area (Å²) in [6.45, 7) is 6.49. The van der Waals surface area contributed by atoms with Crippen LogP contribution in [0.3, 0.4) is 0 Å². The number of rotatable bonds is 6. The number of hydrogen-bond acceptors (Lipinski definition) is 5. The molecule has 164 valence electrons. The summed E-state index contributed by atoms with van der Waals surface area (Å²) in [7, 11) is 0. The maximum Gasteiger partial charge on any atom is 0.238 e. The van der Waals surface area contributed by atoms with Gasteiger partial charge in [-0.05, 0) is 50.6 Å². The molecule has 0 aliphatic carbocycles. The average Bonchev–Trinajstić information content (AvgIpc) is 3.05. The summed E-state index contributed by atoms with van der Waals surface area (Å²) >= 11 is 1.59. The molecule has 2 heterocycles. The number of aromatic nitrogens is 2. The second kappa shape index (κ2) is 9.41. The lowest BCUT2D eigenvalue weighted by atomic mass is 10.0. The van der Waals surface area contributed by atoms with E-state index in [2.05, 4.69) is 11.2 Å². The number of nitrogens with zero attached hydrogens (tertiary/aromatic N) is 2. The average molecular weight is 448 g/mol. The van der Waals surface area contributed by atoms with Gasteiger partial charge in [-0.25, -0.2) is 4.68 Å². The van der Waals surface area contributed by atoms with Gasteiger partial charge in [-0.3, -0.25) is 4.79 Å². The molecule has 1 aliphatic heterocycles. The van der Waals surface area contributed by atoms with Crippen molar-refractivity contribution in [1.29, 1.82) is 0 Å². The van der Waals surface area contributed by atoms with Gasteiger partial charge in [0, 0.05) is 5.56 Å². The molecule has 1 N–H and O–H groups in total. The van der Waals surface area contributed by atoms with E-state index in [9.17, 15) is 4.79 Å². The summed E-state index contributed by atoms with van der Waals surface area (Å²) in [6.07, 6.45) is 5.35. The van der Waals surface area contributed by atoms with Crippen LogP contribution in [-0.2, 0) is 4.79 Å². The Kier molecular flexibility index (Phi) is 6.42. The quantitative estimate of drug-likeness (QED) is 0.552. The first-order valence-corrected chi connectivity index (χ1v) is 11.4. The number of thioether (sulfide) groups is 1. The summed E-state index contributed by atoms with van der Waals surface area (Å²) in [5, 5.41) is 7.51. The van der Waals surface area contributed by atoms with Gasteiger partial charge in [-0.15, -0.1) is 18.2 Å². The Hall–Kier alpha value is -3.37. The minimum absolute atomic E-state index is 0.0464. The number of carbonyl (C=O) groups excluding carboxylic acids is 1. The van der Waals surface area contributed by atoms with Crippen LogP contribution in [0.4, 0.5) is 5.82 Å². The first kappa shape index (κ1) is 21.8. The molecule has 0 fully saturated rings. The zero-order valence-corrected chi connectivity index (χ0v) is 19.1. The topological polar surface area (TPSA) is 65.4 Å². The second-order valence-electron chi connectivity index (χ2n) is 7.37. The Morgan fingerprint density at radius 3 is 2.69 bits per heavy atom. The Morgan fingerprint density at radius 2 is 1.97 bits per heavy atom. The number of hydrogen-bond donors (Lipinski definition) is 1. The lowest BCUT2D eigenvalue weighted by Gasteiger charge is -2.19. The number of nitrogens with one attached hydrogen (secondary N) is 1. The van der Waals surface area contributed by atoms with Gasteiger partial charge in [0.05, 0.1) is 28.5 Å². The molecule has 6 nitrogen and oxygen atoms in total. The fourth-order valence-electron chi connectivity index (χ4n) is 3.72. The van der Waals surface area contributed by atoms with Crippen molar-refractivity contribution in [2.24, 2.45) is 0 Å². The van der Waals surface area contributed by atoms with E-state index in [4.69, 9.17) is 21.0 Å². The fourth-order valence-corrected chi connectivity index (χ4v) is 5.03. The lowest BCUT2D eigenvalue weighted by molar-refractivity contribution is -0.115. The predicted molar refractivity (Wildman–Crippen MR) is 128 cm³/mol. The van der Waals surface area contributed by atoms with Crippen LogP contribution in [0.1, 0.15) is 35.9 Å². The van der Waals surface area contributed by atoms with Gasteiger partial charge in [-0.1, -0.05) is 30.2 Å². The number of carbonyl (C=O) groups is 1.